The summed E-state index contributed by atoms with van der Waals surface area (Å²) in [5.41, 5.74) is 4.54. The quantitative estimate of drug-likeness (QED) is 0.743. The Morgan fingerprint density at radius 1 is 1.12 bits per heavy atom. The second-order valence-corrected chi connectivity index (χ2v) is 8.59. The van der Waals surface area contributed by atoms with Gasteiger partial charge >= 0.3 is 0 Å². The van der Waals surface area contributed by atoms with Crippen LogP contribution in [-0.4, -0.2) is 23.3 Å². The molecule has 1 aromatic carbocycles. The van der Waals surface area contributed by atoms with Gasteiger partial charge in [0.25, 0.3) is 0 Å². The highest BCUT2D eigenvalue weighted by molar-refractivity contribution is 6.07. The number of aliphatic imine (C=N–C) groups is 1. The van der Waals surface area contributed by atoms with Gasteiger partial charge in [-0.2, -0.15) is 0 Å². The summed E-state index contributed by atoms with van der Waals surface area (Å²) in [6, 6.07) is 12.1. The van der Waals surface area contributed by atoms with E-state index in [-0.39, 0.29) is 11.8 Å². The first-order valence-corrected chi connectivity index (χ1v) is 11.3. The topological polar surface area (TPSA) is 63.6 Å². The van der Waals surface area contributed by atoms with Gasteiger partial charge in [0.2, 0.25) is 5.91 Å². The zero-order valence-electron chi connectivity index (χ0n) is 18.0. The van der Waals surface area contributed by atoms with Crippen molar-refractivity contribution in [1.82, 2.24) is 10.3 Å². The molecule has 0 radical (unpaired) electrons. The molecule has 1 unspecified atom stereocenters. The van der Waals surface area contributed by atoms with Gasteiger partial charge in [-0.1, -0.05) is 36.4 Å². The molecule has 5 rings (SSSR count). The Hall–Kier alpha value is -3.47. The number of nitrogens with one attached hydrogen (secondary N) is 1. The predicted octanol–water partition coefficient (Wildman–Crippen LogP) is 4.87. The Bertz CT molecular complexity index is 1090. The smallest absolute Gasteiger partial charge is 0.228 e. The number of amides is 1. The highest BCUT2D eigenvalue weighted by Gasteiger charge is 2.30. The molecule has 1 atom stereocenters. The monoisotopic (exact) mass is 425 g/mol. The van der Waals surface area contributed by atoms with Crippen LogP contribution >= 0.6 is 0 Å². The Morgan fingerprint density at radius 2 is 2.00 bits per heavy atom. The molecule has 0 saturated heterocycles. The summed E-state index contributed by atoms with van der Waals surface area (Å²) < 4.78 is 5.91. The maximum absolute atomic E-state index is 12.3. The van der Waals surface area contributed by atoms with Crippen molar-refractivity contribution in [2.24, 2.45) is 16.8 Å². The molecule has 2 heterocycles. The summed E-state index contributed by atoms with van der Waals surface area (Å²) in [6.45, 7) is 1.23. The van der Waals surface area contributed by atoms with E-state index < -0.39 is 0 Å². The summed E-state index contributed by atoms with van der Waals surface area (Å²) in [5.74, 6) is 2.25. The molecule has 1 amide bonds. The van der Waals surface area contributed by atoms with Gasteiger partial charge in [-0.3, -0.25) is 14.8 Å². The number of benzene rings is 1. The Balaban J connectivity index is 1.34. The Labute approximate surface area is 188 Å². The molecule has 1 aromatic heterocycles. The van der Waals surface area contributed by atoms with Crippen LogP contribution < -0.4 is 10.1 Å². The summed E-state index contributed by atoms with van der Waals surface area (Å²) in [6.07, 6.45) is 16.1. The average Bonchev–Trinajstić information content (AvgIpc) is 3.66. The van der Waals surface area contributed by atoms with Crippen LogP contribution in [0, 0.1) is 11.8 Å². The maximum Gasteiger partial charge on any atom is 0.228 e. The van der Waals surface area contributed by atoms with E-state index >= 15 is 0 Å². The summed E-state index contributed by atoms with van der Waals surface area (Å²) >= 11 is 0. The van der Waals surface area contributed by atoms with Crippen molar-refractivity contribution in [2.45, 2.75) is 32.3 Å². The Morgan fingerprint density at radius 3 is 2.78 bits per heavy atom. The van der Waals surface area contributed by atoms with Gasteiger partial charge in [-0.05, 0) is 72.6 Å². The zero-order valence-corrected chi connectivity index (χ0v) is 18.0. The van der Waals surface area contributed by atoms with Crippen LogP contribution in [0.2, 0.25) is 0 Å². The van der Waals surface area contributed by atoms with Gasteiger partial charge in [0.05, 0.1) is 0 Å². The third-order valence-electron chi connectivity index (χ3n) is 6.06. The maximum atomic E-state index is 12.3. The third-order valence-corrected chi connectivity index (χ3v) is 6.06. The van der Waals surface area contributed by atoms with E-state index in [1.165, 1.54) is 5.57 Å². The lowest BCUT2D eigenvalue weighted by Gasteiger charge is -2.19. The molecule has 2 bridgehead atoms. The number of hydrogen-bond acceptors (Lipinski definition) is 4. The van der Waals surface area contributed by atoms with E-state index in [1.54, 1.807) is 6.20 Å². The van der Waals surface area contributed by atoms with Crippen LogP contribution in [0.3, 0.4) is 0 Å². The lowest BCUT2D eigenvalue weighted by atomic mass is 9.89. The van der Waals surface area contributed by atoms with Crippen molar-refractivity contribution in [2.75, 3.05) is 6.54 Å². The van der Waals surface area contributed by atoms with Crippen LogP contribution in [0.15, 0.2) is 83.7 Å². The van der Waals surface area contributed by atoms with Crippen molar-refractivity contribution >= 4 is 17.3 Å². The largest absolute Gasteiger partial charge is 0.489 e. The van der Waals surface area contributed by atoms with Crippen molar-refractivity contribution < 1.29 is 9.53 Å². The number of carbonyl (C=O) groups excluding carboxylic acids is 1. The van der Waals surface area contributed by atoms with E-state index in [0.717, 1.165) is 54.7 Å². The third kappa shape index (κ3) is 5.05. The lowest BCUT2D eigenvalue weighted by molar-refractivity contribution is -0.120. The van der Waals surface area contributed by atoms with E-state index in [2.05, 4.69) is 51.7 Å². The van der Waals surface area contributed by atoms with E-state index in [4.69, 9.17) is 4.74 Å². The van der Waals surface area contributed by atoms with Crippen molar-refractivity contribution in [3.63, 3.8) is 0 Å². The SMILES string of the molecule is O=C(NC1=NCCC2C=CC=C(c3ccc(OCc4cccnc4)cc3)C(=C1)C2)C1CC1. The molecule has 1 fully saturated rings. The van der Waals surface area contributed by atoms with Gasteiger partial charge in [0, 0.05) is 30.4 Å². The molecule has 2 aromatic rings. The number of hydrogen-bond donors (Lipinski definition) is 1. The minimum atomic E-state index is 0.102. The fraction of sp³-hybridized carbons (Fsp3) is 0.296. The number of fused-ring (bicyclic) bond motifs is 2. The van der Waals surface area contributed by atoms with Gasteiger partial charge < -0.3 is 10.1 Å². The van der Waals surface area contributed by atoms with Gasteiger partial charge in [0.1, 0.15) is 18.2 Å². The van der Waals surface area contributed by atoms with Gasteiger partial charge in [0.15, 0.2) is 0 Å². The van der Waals surface area contributed by atoms with E-state index in [9.17, 15) is 4.79 Å². The number of rotatable bonds is 5. The number of carbonyl (C=O) groups is 1. The molecular formula is C27H27N3O2. The number of allylic oxidation sites excluding steroid dienone is 5. The minimum absolute atomic E-state index is 0.102. The highest BCUT2D eigenvalue weighted by Crippen LogP contribution is 2.34. The summed E-state index contributed by atoms with van der Waals surface area (Å²) in [5, 5.41) is 3.05. The summed E-state index contributed by atoms with van der Waals surface area (Å²) in [7, 11) is 0. The van der Waals surface area contributed by atoms with Crippen LogP contribution in [0.5, 0.6) is 5.75 Å². The number of ether oxygens (including phenoxy) is 1. The molecule has 1 saturated carbocycles. The first kappa shape index (κ1) is 20.4. The number of nitrogens with zero attached hydrogens (tertiary/aromatic N) is 2. The molecule has 2 aliphatic carbocycles. The highest BCUT2D eigenvalue weighted by atomic mass is 16.5. The van der Waals surface area contributed by atoms with Crippen LogP contribution in [0.1, 0.15) is 36.8 Å². The first-order chi connectivity index (χ1) is 15.7. The molecule has 0 spiro atoms. The standard InChI is InChI=1S/C27H27N3O2/c31-27(22-6-7-22)30-26-16-23-15-19(12-14-29-26)3-1-5-25(23)21-8-10-24(11-9-21)32-18-20-4-2-13-28-17-20/h1-5,8-11,13,16-17,19,22H,6-7,12,14-15,18H2,(H,29,30,31). The van der Waals surface area contributed by atoms with Gasteiger partial charge in [-0.25, -0.2) is 0 Å². The van der Waals surface area contributed by atoms with Crippen LogP contribution in [0.25, 0.3) is 5.57 Å². The normalized spacial score (nSPS) is 20.1. The number of pyridine rings is 1. The molecule has 1 aliphatic heterocycles. The Kier molecular flexibility index (Phi) is 5.97. The van der Waals surface area contributed by atoms with E-state index in [0.29, 0.717) is 18.4 Å². The van der Waals surface area contributed by atoms with Gasteiger partial charge in [-0.15, -0.1) is 0 Å². The second kappa shape index (κ2) is 9.35. The molecule has 1 N–H and O–H groups in total. The molecular weight excluding hydrogens is 398 g/mol. The van der Waals surface area contributed by atoms with Crippen LogP contribution in [0.4, 0.5) is 0 Å². The van der Waals surface area contributed by atoms with Crippen molar-refractivity contribution in [3.05, 3.63) is 89.8 Å². The van der Waals surface area contributed by atoms with Crippen LogP contribution in [-0.2, 0) is 11.4 Å². The lowest BCUT2D eigenvalue weighted by Crippen LogP contribution is -2.31. The average molecular weight is 426 g/mol. The first-order valence-electron chi connectivity index (χ1n) is 11.3. The van der Waals surface area contributed by atoms with E-state index in [1.807, 2.05) is 30.5 Å². The fourth-order valence-corrected chi connectivity index (χ4v) is 4.08. The summed E-state index contributed by atoms with van der Waals surface area (Å²) in [4.78, 5) is 21.1. The molecule has 5 nitrogen and oxygen atoms in total. The predicted molar refractivity (Wildman–Crippen MR) is 126 cm³/mol. The molecule has 3 aliphatic rings. The number of aromatic nitrogens is 1. The molecule has 32 heavy (non-hydrogen) atoms. The van der Waals surface area contributed by atoms with Crippen molar-refractivity contribution in [1.29, 1.82) is 0 Å². The second-order valence-electron chi connectivity index (χ2n) is 8.59. The zero-order chi connectivity index (χ0) is 21.8. The van der Waals surface area contributed by atoms with Crippen molar-refractivity contribution in [3.8, 4) is 5.75 Å². The molecule has 162 valence electrons. The number of amidine groups is 1. The fourth-order valence-electron chi connectivity index (χ4n) is 4.08. The minimum Gasteiger partial charge on any atom is -0.489 e. The molecule has 5 heteroatoms.